The van der Waals surface area contributed by atoms with Gasteiger partial charge in [-0.2, -0.15) is 0 Å². The lowest BCUT2D eigenvalue weighted by molar-refractivity contribution is -0.135. The third-order valence-electron chi connectivity index (χ3n) is 18.2. The minimum absolute atomic E-state index is 0.0311. The van der Waals surface area contributed by atoms with Crippen LogP contribution in [0.4, 0.5) is 15.4 Å². The number of benzene rings is 3. The van der Waals surface area contributed by atoms with Crippen LogP contribution in [0, 0.1) is 5.92 Å². The number of aromatic nitrogens is 3. The molecule has 93 heavy (non-hydrogen) atoms. The number of aromatic amines is 1. The maximum Gasteiger partial charge on any atom is 0.411 e. The molecule has 1 unspecified atom stereocenters. The van der Waals surface area contributed by atoms with Gasteiger partial charge in [-0.25, -0.2) is 19.6 Å². The third-order valence-corrected chi connectivity index (χ3v) is 18.4. The van der Waals surface area contributed by atoms with Crippen LogP contribution < -0.4 is 30.3 Å². The van der Waals surface area contributed by atoms with Crippen LogP contribution in [0.15, 0.2) is 85.3 Å². The number of nitrogens with zero attached hydrogens (tertiary/aromatic N) is 8. The number of carbonyl (C=O) groups is 6. The second-order valence-corrected chi connectivity index (χ2v) is 27.7. The van der Waals surface area contributed by atoms with E-state index >= 15 is 0 Å². The number of likely N-dealkylation sites (tertiary alicyclic amines) is 2. The molecule has 2 aromatic heterocycles. The van der Waals surface area contributed by atoms with Crippen molar-refractivity contribution in [2.24, 2.45) is 5.92 Å². The summed E-state index contributed by atoms with van der Waals surface area (Å²) in [7, 11) is 1.58. The van der Waals surface area contributed by atoms with Crippen molar-refractivity contribution in [1.82, 2.24) is 55.4 Å². The van der Waals surface area contributed by atoms with Crippen LogP contribution in [0.25, 0.3) is 11.0 Å². The van der Waals surface area contributed by atoms with Crippen molar-refractivity contribution in [2.75, 3.05) is 110 Å². The summed E-state index contributed by atoms with van der Waals surface area (Å²) in [5.41, 5.74) is 1.18. The summed E-state index contributed by atoms with van der Waals surface area (Å²) in [6.07, 6.45) is 10.0. The lowest BCUT2D eigenvalue weighted by Crippen LogP contribution is -2.64. The fourth-order valence-electron chi connectivity index (χ4n) is 13.0. The Morgan fingerprint density at radius 2 is 1.54 bits per heavy atom. The number of methoxy groups -OCH3 is 1. The van der Waals surface area contributed by atoms with Crippen LogP contribution in [0.3, 0.4) is 0 Å². The highest BCUT2D eigenvalue weighted by atomic mass is 35.5. The van der Waals surface area contributed by atoms with E-state index < -0.39 is 28.9 Å². The van der Waals surface area contributed by atoms with Gasteiger partial charge in [0.15, 0.2) is 0 Å². The van der Waals surface area contributed by atoms with Crippen molar-refractivity contribution in [3.63, 3.8) is 0 Å². The SMILES string of the molecule is CCOc1cc(OC)ccc1CN(CC(=O)N1CCCC(c2cccc(C(=O)NCCCCC3CCN(CC(=O)N4CCN(CC[C@H](NC(=O)C5(NC(=O)OC(C)(C)C)CCN(c6ncnc7[nH]ccc67)CC5)c5ccc(Cl)cc5)CC4)CC3)c2)C1)C(=O)OC(C)(C)C. The number of unbranched alkanes of at least 4 members (excludes halogenated alkanes) is 1. The van der Waals surface area contributed by atoms with Crippen LogP contribution >= 0.6 is 11.6 Å². The van der Waals surface area contributed by atoms with Gasteiger partial charge in [0.1, 0.15) is 52.6 Å². The van der Waals surface area contributed by atoms with E-state index in [1.165, 1.54) is 11.2 Å². The molecular formula is C70H97ClN12O10. The first-order chi connectivity index (χ1) is 44.5. The molecule has 0 aliphatic carbocycles. The molecule has 0 radical (unpaired) electrons. The van der Waals surface area contributed by atoms with Gasteiger partial charge >= 0.3 is 12.2 Å². The van der Waals surface area contributed by atoms with E-state index in [1.807, 2.05) is 83.6 Å². The van der Waals surface area contributed by atoms with Gasteiger partial charge in [0.05, 0.1) is 38.2 Å². The molecule has 9 rings (SSSR count). The number of ether oxygens (including phenoxy) is 4. The summed E-state index contributed by atoms with van der Waals surface area (Å²) < 4.78 is 22.8. The number of alkyl carbamates (subject to hydrolysis) is 1. The molecule has 23 heteroatoms. The lowest BCUT2D eigenvalue weighted by atomic mass is 9.85. The van der Waals surface area contributed by atoms with Crippen LogP contribution in [0.1, 0.15) is 152 Å². The zero-order chi connectivity index (χ0) is 66.3. The van der Waals surface area contributed by atoms with Crippen LogP contribution in [0.5, 0.6) is 11.5 Å². The largest absolute Gasteiger partial charge is 0.497 e. The van der Waals surface area contributed by atoms with Gasteiger partial charge in [0.2, 0.25) is 17.7 Å². The number of halogens is 1. The minimum atomic E-state index is -1.25. The van der Waals surface area contributed by atoms with Crippen LogP contribution in [-0.4, -0.2) is 197 Å². The van der Waals surface area contributed by atoms with Crippen molar-refractivity contribution >= 4 is 64.3 Å². The second-order valence-electron chi connectivity index (χ2n) is 27.2. The molecule has 504 valence electrons. The Morgan fingerprint density at radius 3 is 2.25 bits per heavy atom. The Balaban J connectivity index is 0.683. The number of anilines is 1. The van der Waals surface area contributed by atoms with Gasteiger partial charge in [-0.15, -0.1) is 0 Å². The molecule has 0 spiro atoms. The second kappa shape index (κ2) is 32.0. The molecule has 0 saturated carbocycles. The lowest BCUT2D eigenvalue weighted by Gasteiger charge is -2.42. The molecule has 22 nitrogen and oxygen atoms in total. The number of piperidine rings is 3. The zero-order valence-corrected chi connectivity index (χ0v) is 56.5. The highest BCUT2D eigenvalue weighted by molar-refractivity contribution is 6.30. The number of piperazine rings is 1. The smallest absolute Gasteiger partial charge is 0.411 e. The normalized spacial score (nSPS) is 17.9. The van der Waals surface area contributed by atoms with Gasteiger partial charge in [0, 0.05) is 99.8 Å². The summed E-state index contributed by atoms with van der Waals surface area (Å²) >= 11 is 6.36. The van der Waals surface area contributed by atoms with Crippen molar-refractivity contribution < 1.29 is 47.7 Å². The third kappa shape index (κ3) is 19.7. The Bertz CT molecular complexity index is 3330. The summed E-state index contributed by atoms with van der Waals surface area (Å²) in [6.45, 7) is 21.1. The van der Waals surface area contributed by atoms with E-state index in [1.54, 1.807) is 60.8 Å². The van der Waals surface area contributed by atoms with Crippen molar-refractivity contribution in [2.45, 2.75) is 148 Å². The van der Waals surface area contributed by atoms with Gasteiger partial charge in [-0.05, 0) is 172 Å². The Labute approximate surface area is 553 Å². The van der Waals surface area contributed by atoms with Crippen molar-refractivity contribution in [1.29, 1.82) is 0 Å². The summed E-state index contributed by atoms with van der Waals surface area (Å²) in [4.78, 5) is 107. The Hall–Kier alpha value is -7.69. The zero-order valence-electron chi connectivity index (χ0n) is 55.7. The van der Waals surface area contributed by atoms with Crippen molar-refractivity contribution in [3.05, 3.63) is 113 Å². The van der Waals surface area contributed by atoms with E-state index in [-0.39, 0.29) is 48.7 Å². The van der Waals surface area contributed by atoms with E-state index in [9.17, 15) is 28.8 Å². The Morgan fingerprint density at radius 1 is 0.796 bits per heavy atom. The molecular weight excluding hydrogens is 1200 g/mol. The Kier molecular flexibility index (Phi) is 23.9. The predicted octanol–water partition coefficient (Wildman–Crippen LogP) is 9.73. The van der Waals surface area contributed by atoms with E-state index in [0.29, 0.717) is 126 Å². The topological polar surface area (TPSA) is 236 Å². The fraction of sp³-hybridized carbons (Fsp3) is 0.571. The number of amides is 6. The number of rotatable bonds is 24. The molecule has 4 N–H and O–H groups in total. The molecule has 6 amide bonds. The molecule has 3 aromatic carbocycles. The monoisotopic (exact) mass is 1300 g/mol. The molecule has 2 atom stereocenters. The summed E-state index contributed by atoms with van der Waals surface area (Å²) in [5.74, 6) is 2.15. The quantitative estimate of drug-likeness (QED) is 0.0421. The molecule has 4 aliphatic rings. The fourth-order valence-corrected chi connectivity index (χ4v) is 13.1. The van der Waals surface area contributed by atoms with Crippen LogP contribution in [0.2, 0.25) is 5.02 Å². The molecule has 5 aromatic rings. The standard InChI is InChI=1S/C70H97ClN12O10/c1-9-91-59-43-56(90-8)23-20-54(59)45-83(67(89)93-69(5,6)7)47-61(85)82-32-13-17-53(44-82)51-15-12-16-52(42-51)64(86)73-30-11-10-14-49-25-33-79(34-26-49)46-60(84)80-40-38-78(39-41-80)35-27-58(50-18-21-55(71)22-19-50)76-65(87)70(77-66(88)92-68(2,3)4)28-36-81(37-29-70)63-57-24-31-72-62(57)74-48-75-63/h12,15-16,18-24,31,42-43,48-49,53,58H,9-11,13-14,17,25-30,32-41,44-47H2,1-8H3,(H,73,86)(H,76,87)(H,77,88)(H,72,74,75)/t53?,58-/m0/s1. The van der Waals surface area contributed by atoms with E-state index in [0.717, 1.165) is 91.6 Å². The molecule has 0 bridgehead atoms. The molecule has 4 aliphatic heterocycles. The number of hydrogen-bond acceptors (Lipinski definition) is 15. The first kappa shape index (κ1) is 69.6. The van der Waals surface area contributed by atoms with Gasteiger partial charge in [0.25, 0.3) is 5.91 Å². The molecule has 6 heterocycles. The first-order valence-electron chi connectivity index (χ1n) is 33.3. The number of fused-ring (bicyclic) bond motifs is 1. The van der Waals surface area contributed by atoms with Crippen LogP contribution in [-0.2, 0) is 30.4 Å². The highest BCUT2D eigenvalue weighted by Crippen LogP contribution is 2.34. The highest BCUT2D eigenvalue weighted by Gasteiger charge is 2.45. The first-order valence-corrected chi connectivity index (χ1v) is 33.7. The number of hydrogen-bond donors (Lipinski definition) is 4. The summed E-state index contributed by atoms with van der Waals surface area (Å²) in [6, 6.07) is 22.2. The number of nitrogens with one attached hydrogen (secondary N) is 4. The van der Waals surface area contributed by atoms with Gasteiger partial charge in [-0.3, -0.25) is 33.9 Å². The number of carbonyl (C=O) groups excluding carboxylic acids is 6. The van der Waals surface area contributed by atoms with Crippen molar-refractivity contribution in [3.8, 4) is 11.5 Å². The van der Waals surface area contributed by atoms with Gasteiger partial charge < -0.3 is 54.6 Å². The minimum Gasteiger partial charge on any atom is -0.497 e. The van der Waals surface area contributed by atoms with Gasteiger partial charge in [-0.1, -0.05) is 48.7 Å². The molecule has 4 fully saturated rings. The average Bonchev–Trinajstić information content (AvgIpc) is 1.77. The van der Waals surface area contributed by atoms with E-state index in [2.05, 4.69) is 45.6 Å². The average molecular weight is 1300 g/mol. The number of H-pyrrole nitrogens is 1. The van der Waals surface area contributed by atoms with E-state index in [4.69, 9.17) is 30.5 Å². The maximum absolute atomic E-state index is 14.8. The molecule has 4 saturated heterocycles. The summed E-state index contributed by atoms with van der Waals surface area (Å²) in [5, 5.41) is 11.0. The maximum atomic E-state index is 14.8. The predicted molar refractivity (Wildman–Crippen MR) is 359 cm³/mol.